The number of urea groups is 1. The van der Waals surface area contributed by atoms with E-state index in [0.717, 1.165) is 41.2 Å². The number of rotatable bonds is 2. The van der Waals surface area contributed by atoms with Crippen LogP contribution in [0, 0.1) is 0 Å². The van der Waals surface area contributed by atoms with Crippen molar-refractivity contribution < 1.29 is 9.53 Å². The van der Waals surface area contributed by atoms with Crippen molar-refractivity contribution in [2.24, 2.45) is 0 Å². The highest BCUT2D eigenvalue weighted by Gasteiger charge is 2.22. The minimum absolute atomic E-state index is 0.129. The monoisotopic (exact) mass is 297 g/mol. The van der Waals surface area contributed by atoms with Gasteiger partial charge in [0.2, 0.25) is 0 Å². The highest BCUT2D eigenvalue weighted by atomic mass is 16.5. The molecule has 1 heterocycles. The van der Waals surface area contributed by atoms with Gasteiger partial charge in [-0.05, 0) is 60.9 Å². The first kappa shape index (κ1) is 14.3. The van der Waals surface area contributed by atoms with Crippen LogP contribution in [0.4, 0.5) is 21.9 Å². The summed E-state index contributed by atoms with van der Waals surface area (Å²) in [5.74, 6) is 0.761. The van der Waals surface area contributed by atoms with E-state index >= 15 is 0 Å². The minimum atomic E-state index is -0.129. The van der Waals surface area contributed by atoms with Gasteiger partial charge in [0.1, 0.15) is 5.75 Å². The summed E-state index contributed by atoms with van der Waals surface area (Å²) in [6.45, 7) is 0.707. The number of carbonyl (C=O) groups excluding carboxylic acids is 1. The topological polar surface area (TPSA) is 67.6 Å². The highest BCUT2D eigenvalue weighted by Crippen LogP contribution is 2.29. The van der Waals surface area contributed by atoms with E-state index in [1.54, 1.807) is 12.0 Å². The molecule has 0 unspecified atom stereocenters. The van der Waals surface area contributed by atoms with Gasteiger partial charge in [0.25, 0.3) is 0 Å². The van der Waals surface area contributed by atoms with E-state index in [-0.39, 0.29) is 6.03 Å². The third-order valence-electron chi connectivity index (χ3n) is 3.81. The average molecular weight is 297 g/mol. The molecule has 22 heavy (non-hydrogen) atoms. The molecule has 0 aromatic heterocycles. The number of hydrogen-bond acceptors (Lipinski definition) is 3. The van der Waals surface area contributed by atoms with E-state index in [9.17, 15) is 4.79 Å². The quantitative estimate of drug-likeness (QED) is 0.836. The Bertz CT molecular complexity index is 683. The highest BCUT2D eigenvalue weighted by molar-refractivity contribution is 6.02. The molecule has 0 fully saturated rings. The molecule has 114 valence electrons. The van der Waals surface area contributed by atoms with Gasteiger partial charge >= 0.3 is 6.03 Å². The van der Waals surface area contributed by atoms with Gasteiger partial charge in [-0.1, -0.05) is 0 Å². The number of nitrogen functional groups attached to an aromatic ring is 1. The van der Waals surface area contributed by atoms with Gasteiger partial charge in [-0.15, -0.1) is 0 Å². The molecule has 1 aliphatic heterocycles. The SMILES string of the molecule is COc1ccc(NC(=O)N2CCCc3cc(N)ccc32)cc1. The lowest BCUT2D eigenvalue weighted by molar-refractivity contribution is 0.256. The number of aryl methyl sites for hydroxylation is 1. The van der Waals surface area contributed by atoms with Gasteiger partial charge in [0.05, 0.1) is 7.11 Å². The predicted molar refractivity (Wildman–Crippen MR) is 88.5 cm³/mol. The molecule has 0 bridgehead atoms. The maximum atomic E-state index is 12.5. The van der Waals surface area contributed by atoms with Crippen LogP contribution in [0.2, 0.25) is 0 Å². The van der Waals surface area contributed by atoms with Gasteiger partial charge in [0, 0.05) is 23.6 Å². The van der Waals surface area contributed by atoms with Crippen molar-refractivity contribution in [2.45, 2.75) is 12.8 Å². The Hall–Kier alpha value is -2.69. The number of nitrogens with two attached hydrogens (primary N) is 1. The van der Waals surface area contributed by atoms with Crippen LogP contribution >= 0.6 is 0 Å². The Labute approximate surface area is 129 Å². The number of nitrogens with one attached hydrogen (secondary N) is 1. The minimum Gasteiger partial charge on any atom is -0.497 e. The lowest BCUT2D eigenvalue weighted by atomic mass is 10.0. The fraction of sp³-hybridized carbons (Fsp3) is 0.235. The molecule has 2 aromatic carbocycles. The molecule has 0 atom stereocenters. The summed E-state index contributed by atoms with van der Waals surface area (Å²) in [4.78, 5) is 14.3. The molecule has 0 aliphatic carbocycles. The summed E-state index contributed by atoms with van der Waals surface area (Å²) in [7, 11) is 1.62. The Kier molecular flexibility index (Phi) is 3.87. The van der Waals surface area contributed by atoms with Crippen LogP contribution in [0.1, 0.15) is 12.0 Å². The molecule has 0 saturated carbocycles. The second kappa shape index (κ2) is 5.97. The average Bonchev–Trinajstić information content (AvgIpc) is 2.54. The summed E-state index contributed by atoms with van der Waals surface area (Å²) in [5, 5.41) is 2.92. The Morgan fingerprint density at radius 2 is 2.00 bits per heavy atom. The summed E-state index contributed by atoms with van der Waals surface area (Å²) < 4.78 is 5.11. The van der Waals surface area contributed by atoms with Crippen LogP contribution in [0.25, 0.3) is 0 Å². The molecule has 2 aromatic rings. The maximum Gasteiger partial charge on any atom is 0.326 e. The van der Waals surface area contributed by atoms with Gasteiger partial charge in [0.15, 0.2) is 0 Å². The number of ether oxygens (including phenoxy) is 1. The van der Waals surface area contributed by atoms with Crippen molar-refractivity contribution in [3.8, 4) is 5.75 Å². The first-order valence-corrected chi connectivity index (χ1v) is 7.28. The maximum absolute atomic E-state index is 12.5. The summed E-state index contributed by atoms with van der Waals surface area (Å²) >= 11 is 0. The zero-order valence-corrected chi connectivity index (χ0v) is 12.5. The molecule has 5 heteroatoms. The van der Waals surface area contributed by atoms with Crippen molar-refractivity contribution in [1.82, 2.24) is 0 Å². The first-order chi connectivity index (χ1) is 10.7. The number of fused-ring (bicyclic) bond motifs is 1. The summed E-state index contributed by atoms with van der Waals surface area (Å²) in [6.07, 6.45) is 1.89. The lowest BCUT2D eigenvalue weighted by Gasteiger charge is -2.29. The summed E-state index contributed by atoms with van der Waals surface area (Å²) in [5.41, 5.74) is 9.36. The number of amides is 2. The first-order valence-electron chi connectivity index (χ1n) is 7.28. The zero-order valence-electron chi connectivity index (χ0n) is 12.5. The summed E-state index contributed by atoms with van der Waals surface area (Å²) in [6, 6.07) is 12.9. The van der Waals surface area contributed by atoms with Crippen LogP contribution in [0.15, 0.2) is 42.5 Å². The number of nitrogens with zero attached hydrogens (tertiary/aromatic N) is 1. The molecule has 3 rings (SSSR count). The van der Waals surface area contributed by atoms with Crippen LogP contribution in [-0.2, 0) is 6.42 Å². The van der Waals surface area contributed by atoms with Gasteiger partial charge in [-0.2, -0.15) is 0 Å². The van der Waals surface area contributed by atoms with Crippen LogP contribution in [0.5, 0.6) is 5.75 Å². The van der Waals surface area contributed by atoms with Crippen molar-refractivity contribution in [3.63, 3.8) is 0 Å². The Balaban J connectivity index is 1.78. The second-order valence-electron chi connectivity index (χ2n) is 5.30. The van der Waals surface area contributed by atoms with Crippen LogP contribution in [-0.4, -0.2) is 19.7 Å². The number of benzene rings is 2. The fourth-order valence-electron chi connectivity index (χ4n) is 2.69. The molecule has 0 saturated heterocycles. The van der Waals surface area contributed by atoms with Crippen molar-refractivity contribution in [1.29, 1.82) is 0 Å². The van der Waals surface area contributed by atoms with Crippen LogP contribution in [0.3, 0.4) is 0 Å². The fourth-order valence-corrected chi connectivity index (χ4v) is 2.69. The Morgan fingerprint density at radius 1 is 1.23 bits per heavy atom. The number of anilines is 3. The predicted octanol–water partition coefficient (Wildman–Crippen LogP) is 3.26. The van der Waals surface area contributed by atoms with Gasteiger partial charge in [-0.25, -0.2) is 4.79 Å². The zero-order chi connectivity index (χ0) is 15.5. The molecular weight excluding hydrogens is 278 g/mol. The van der Waals surface area contributed by atoms with Crippen LogP contribution < -0.4 is 20.7 Å². The van der Waals surface area contributed by atoms with E-state index in [2.05, 4.69) is 5.32 Å². The molecule has 0 radical (unpaired) electrons. The number of carbonyl (C=O) groups is 1. The normalized spacial score (nSPS) is 13.4. The molecule has 5 nitrogen and oxygen atoms in total. The molecule has 3 N–H and O–H groups in total. The largest absolute Gasteiger partial charge is 0.497 e. The third kappa shape index (κ3) is 2.83. The molecule has 1 aliphatic rings. The molecule has 0 spiro atoms. The van der Waals surface area contributed by atoms with Gasteiger partial charge in [-0.3, -0.25) is 4.90 Å². The number of hydrogen-bond donors (Lipinski definition) is 2. The number of methoxy groups -OCH3 is 1. The third-order valence-corrected chi connectivity index (χ3v) is 3.81. The van der Waals surface area contributed by atoms with Crippen molar-refractivity contribution in [3.05, 3.63) is 48.0 Å². The second-order valence-corrected chi connectivity index (χ2v) is 5.30. The molecular formula is C17H19N3O2. The smallest absolute Gasteiger partial charge is 0.326 e. The van der Waals surface area contributed by atoms with E-state index < -0.39 is 0 Å². The standard InChI is InChI=1S/C17H19N3O2/c1-22-15-7-5-14(6-8-15)19-17(21)20-10-2-3-12-11-13(18)4-9-16(12)20/h4-9,11H,2-3,10,18H2,1H3,(H,19,21). The van der Waals surface area contributed by atoms with Gasteiger partial charge < -0.3 is 15.8 Å². The Morgan fingerprint density at radius 3 is 2.73 bits per heavy atom. The van der Waals surface area contributed by atoms with E-state index in [4.69, 9.17) is 10.5 Å². The lowest BCUT2D eigenvalue weighted by Crippen LogP contribution is -2.38. The van der Waals surface area contributed by atoms with Crippen molar-refractivity contribution >= 4 is 23.1 Å². The van der Waals surface area contributed by atoms with Crippen molar-refractivity contribution in [2.75, 3.05) is 29.6 Å². The van der Waals surface area contributed by atoms with E-state index in [1.165, 1.54) is 0 Å². The molecule has 2 amide bonds. The van der Waals surface area contributed by atoms with E-state index in [0.29, 0.717) is 6.54 Å². The van der Waals surface area contributed by atoms with E-state index in [1.807, 2.05) is 42.5 Å².